The van der Waals surface area contributed by atoms with Crippen molar-refractivity contribution in [1.82, 2.24) is 0 Å². The highest BCUT2D eigenvalue weighted by Crippen LogP contribution is 2.41. The normalized spacial score (nSPS) is 32.6. The number of fused-ring (bicyclic) bond motifs is 1. The van der Waals surface area contributed by atoms with Gasteiger partial charge in [0.2, 0.25) is 0 Å². The van der Waals surface area contributed by atoms with Gasteiger partial charge in [0.15, 0.2) is 0 Å². The van der Waals surface area contributed by atoms with Crippen LogP contribution in [0.15, 0.2) is 24.3 Å². The van der Waals surface area contributed by atoms with Crippen molar-refractivity contribution in [2.24, 2.45) is 11.8 Å². The van der Waals surface area contributed by atoms with Crippen LogP contribution in [0.25, 0.3) is 0 Å². The standard InChI is InChI=1S/C15H21NO2/c1-10(17)12-4-2-3-5-14(12)16-8-11-6-7-15(18)13(11)9-16/h2-5,10-11,13,15,17-18H,6-9H2,1H3/t10-,11?,13?,15?/m0/s1. The van der Waals surface area contributed by atoms with Gasteiger partial charge < -0.3 is 15.1 Å². The summed E-state index contributed by atoms with van der Waals surface area (Å²) in [6.07, 6.45) is 1.53. The van der Waals surface area contributed by atoms with Crippen LogP contribution in [0.2, 0.25) is 0 Å². The highest BCUT2D eigenvalue weighted by atomic mass is 16.3. The summed E-state index contributed by atoms with van der Waals surface area (Å²) in [5.74, 6) is 1.05. The first-order valence-electron chi connectivity index (χ1n) is 6.87. The fourth-order valence-electron chi connectivity index (χ4n) is 3.56. The Labute approximate surface area is 108 Å². The quantitative estimate of drug-likeness (QED) is 0.839. The van der Waals surface area contributed by atoms with Crippen molar-refractivity contribution in [2.75, 3.05) is 18.0 Å². The predicted octanol–water partition coefficient (Wildman–Crippen LogP) is 1.95. The predicted molar refractivity (Wildman–Crippen MR) is 71.5 cm³/mol. The van der Waals surface area contributed by atoms with Gasteiger partial charge >= 0.3 is 0 Å². The molecule has 0 bridgehead atoms. The van der Waals surface area contributed by atoms with Crippen molar-refractivity contribution < 1.29 is 10.2 Å². The Kier molecular flexibility index (Phi) is 3.04. The highest BCUT2D eigenvalue weighted by Gasteiger charge is 2.42. The van der Waals surface area contributed by atoms with Crippen LogP contribution in [-0.2, 0) is 0 Å². The molecule has 1 aliphatic heterocycles. The smallest absolute Gasteiger partial charge is 0.0781 e. The lowest BCUT2D eigenvalue weighted by molar-refractivity contribution is 0.133. The molecule has 2 fully saturated rings. The summed E-state index contributed by atoms with van der Waals surface area (Å²) in [6, 6.07) is 8.06. The Morgan fingerprint density at radius 1 is 1.22 bits per heavy atom. The van der Waals surface area contributed by atoms with Gasteiger partial charge in [0.25, 0.3) is 0 Å². The molecule has 3 heteroatoms. The van der Waals surface area contributed by atoms with Gasteiger partial charge in [0.05, 0.1) is 12.2 Å². The molecular formula is C15H21NO2. The Morgan fingerprint density at radius 2 is 2.00 bits per heavy atom. The summed E-state index contributed by atoms with van der Waals surface area (Å²) in [5.41, 5.74) is 2.13. The van der Waals surface area contributed by atoms with Crippen LogP contribution in [-0.4, -0.2) is 29.4 Å². The van der Waals surface area contributed by atoms with Gasteiger partial charge in [-0.2, -0.15) is 0 Å². The maximum atomic E-state index is 9.97. The van der Waals surface area contributed by atoms with Crippen molar-refractivity contribution in [3.63, 3.8) is 0 Å². The first kappa shape index (κ1) is 12.0. The second kappa shape index (κ2) is 4.56. The third-order valence-corrected chi connectivity index (χ3v) is 4.55. The van der Waals surface area contributed by atoms with Gasteiger partial charge in [-0.05, 0) is 31.7 Å². The summed E-state index contributed by atoms with van der Waals surface area (Å²) >= 11 is 0. The SMILES string of the molecule is C[C@H](O)c1ccccc1N1CC2CCC(O)C2C1. The molecule has 3 unspecified atom stereocenters. The minimum atomic E-state index is -0.438. The second-order valence-electron chi connectivity index (χ2n) is 5.71. The fourth-order valence-corrected chi connectivity index (χ4v) is 3.56. The molecule has 2 N–H and O–H groups in total. The molecule has 0 amide bonds. The highest BCUT2D eigenvalue weighted by molar-refractivity contribution is 5.55. The topological polar surface area (TPSA) is 43.7 Å². The maximum Gasteiger partial charge on any atom is 0.0781 e. The van der Waals surface area contributed by atoms with E-state index in [1.807, 2.05) is 25.1 Å². The average molecular weight is 247 g/mol. The molecule has 3 rings (SSSR count). The molecular weight excluding hydrogens is 226 g/mol. The zero-order valence-corrected chi connectivity index (χ0v) is 10.8. The van der Waals surface area contributed by atoms with Crippen LogP contribution < -0.4 is 4.90 Å². The van der Waals surface area contributed by atoms with Crippen LogP contribution in [0.5, 0.6) is 0 Å². The van der Waals surface area contributed by atoms with Crippen molar-refractivity contribution in [3.8, 4) is 0 Å². The number of aliphatic hydroxyl groups excluding tert-OH is 2. The number of para-hydroxylation sites is 1. The van der Waals surface area contributed by atoms with Crippen LogP contribution in [0.4, 0.5) is 5.69 Å². The van der Waals surface area contributed by atoms with Crippen LogP contribution in [0.3, 0.4) is 0 Å². The van der Waals surface area contributed by atoms with Crippen molar-refractivity contribution in [3.05, 3.63) is 29.8 Å². The van der Waals surface area contributed by atoms with E-state index < -0.39 is 6.10 Å². The number of hydrogen-bond acceptors (Lipinski definition) is 3. The van der Waals surface area contributed by atoms with E-state index in [1.54, 1.807) is 0 Å². The van der Waals surface area contributed by atoms with E-state index >= 15 is 0 Å². The zero-order chi connectivity index (χ0) is 12.7. The molecule has 0 aromatic heterocycles. The lowest BCUT2D eigenvalue weighted by Crippen LogP contribution is -2.25. The van der Waals surface area contributed by atoms with Crippen LogP contribution in [0.1, 0.15) is 31.4 Å². The number of anilines is 1. The van der Waals surface area contributed by atoms with Gasteiger partial charge in [0.1, 0.15) is 0 Å². The molecule has 1 saturated heterocycles. The van der Waals surface area contributed by atoms with E-state index in [2.05, 4.69) is 11.0 Å². The number of hydrogen-bond donors (Lipinski definition) is 2. The third-order valence-electron chi connectivity index (χ3n) is 4.55. The summed E-state index contributed by atoms with van der Waals surface area (Å²) in [5, 5.41) is 19.8. The molecule has 2 aliphatic rings. The molecule has 0 radical (unpaired) electrons. The molecule has 3 nitrogen and oxygen atoms in total. The molecule has 98 valence electrons. The Morgan fingerprint density at radius 3 is 2.72 bits per heavy atom. The summed E-state index contributed by atoms with van der Waals surface area (Å²) in [6.45, 7) is 3.76. The summed E-state index contributed by atoms with van der Waals surface area (Å²) < 4.78 is 0. The number of nitrogens with zero attached hydrogens (tertiary/aromatic N) is 1. The molecule has 0 spiro atoms. The van der Waals surface area contributed by atoms with Crippen molar-refractivity contribution in [1.29, 1.82) is 0 Å². The fraction of sp³-hybridized carbons (Fsp3) is 0.600. The Balaban J connectivity index is 1.85. The molecule has 1 saturated carbocycles. The minimum absolute atomic E-state index is 0.126. The zero-order valence-electron chi connectivity index (χ0n) is 10.8. The number of benzene rings is 1. The lowest BCUT2D eigenvalue weighted by Gasteiger charge is -2.24. The molecule has 1 heterocycles. The van der Waals surface area contributed by atoms with Crippen molar-refractivity contribution in [2.45, 2.75) is 32.0 Å². The lowest BCUT2D eigenvalue weighted by atomic mass is 10.00. The Bertz CT molecular complexity index is 432. The average Bonchev–Trinajstić information content (AvgIpc) is 2.92. The first-order valence-corrected chi connectivity index (χ1v) is 6.87. The summed E-state index contributed by atoms with van der Waals surface area (Å²) in [4.78, 5) is 2.33. The van der Waals surface area contributed by atoms with Gasteiger partial charge in [-0.15, -0.1) is 0 Å². The minimum Gasteiger partial charge on any atom is -0.393 e. The number of rotatable bonds is 2. The summed E-state index contributed by atoms with van der Waals surface area (Å²) in [7, 11) is 0. The largest absolute Gasteiger partial charge is 0.393 e. The first-order chi connectivity index (χ1) is 8.66. The van der Waals surface area contributed by atoms with E-state index in [0.29, 0.717) is 11.8 Å². The molecule has 4 atom stereocenters. The third kappa shape index (κ3) is 1.91. The molecule has 1 aromatic carbocycles. The van der Waals surface area contributed by atoms with E-state index in [9.17, 15) is 10.2 Å². The van der Waals surface area contributed by atoms with Crippen molar-refractivity contribution >= 4 is 5.69 Å². The monoisotopic (exact) mass is 247 g/mol. The molecule has 1 aliphatic carbocycles. The van der Waals surface area contributed by atoms with Crippen LogP contribution >= 0.6 is 0 Å². The van der Waals surface area contributed by atoms with E-state index in [4.69, 9.17) is 0 Å². The van der Waals surface area contributed by atoms with Crippen LogP contribution in [0, 0.1) is 11.8 Å². The Hall–Kier alpha value is -1.06. The van der Waals surface area contributed by atoms with Gasteiger partial charge in [-0.3, -0.25) is 0 Å². The maximum absolute atomic E-state index is 9.97. The van der Waals surface area contributed by atoms with Gasteiger partial charge in [0, 0.05) is 30.3 Å². The molecule has 1 aromatic rings. The van der Waals surface area contributed by atoms with E-state index in [0.717, 1.165) is 37.2 Å². The van der Waals surface area contributed by atoms with E-state index in [-0.39, 0.29) is 6.10 Å². The van der Waals surface area contributed by atoms with Gasteiger partial charge in [-0.25, -0.2) is 0 Å². The molecule has 18 heavy (non-hydrogen) atoms. The van der Waals surface area contributed by atoms with Gasteiger partial charge in [-0.1, -0.05) is 18.2 Å². The van der Waals surface area contributed by atoms with E-state index in [1.165, 1.54) is 0 Å². The number of aliphatic hydroxyl groups is 2. The second-order valence-corrected chi connectivity index (χ2v) is 5.71.